The van der Waals surface area contributed by atoms with Gasteiger partial charge in [-0.1, -0.05) is 24.6 Å². The van der Waals surface area contributed by atoms with Crippen LogP contribution >= 0.6 is 27.5 Å². The van der Waals surface area contributed by atoms with Gasteiger partial charge in [-0.05, 0) is 46.1 Å². The van der Waals surface area contributed by atoms with Crippen molar-refractivity contribution in [1.82, 2.24) is 9.88 Å². The lowest BCUT2D eigenvalue weighted by molar-refractivity contribution is 0.0941. The first-order valence-electron chi connectivity index (χ1n) is 6.59. The van der Waals surface area contributed by atoms with E-state index in [2.05, 4.69) is 28.2 Å². The number of benzene rings is 1. The standard InChI is InChI=1S/C15H15BrClFN2O/c1-2-5-20-9-11(16)7-14(20)15(21)19-8-10-3-4-13(18)12(17)6-10/h3-4,6-7,9H,2,5,8H2,1H3,(H,19,21). The first kappa shape index (κ1) is 16.0. The molecule has 2 rings (SSSR count). The molecule has 2 aromatic rings. The van der Waals surface area contributed by atoms with Crippen LogP contribution in [0.5, 0.6) is 0 Å². The quantitative estimate of drug-likeness (QED) is 0.829. The van der Waals surface area contributed by atoms with E-state index in [-0.39, 0.29) is 10.9 Å². The zero-order chi connectivity index (χ0) is 15.4. The SMILES string of the molecule is CCCn1cc(Br)cc1C(=O)NCc1ccc(F)c(Cl)c1. The molecule has 3 nitrogen and oxygen atoms in total. The normalized spacial score (nSPS) is 10.7. The average Bonchev–Trinajstić information content (AvgIpc) is 2.81. The van der Waals surface area contributed by atoms with Crippen molar-refractivity contribution < 1.29 is 9.18 Å². The van der Waals surface area contributed by atoms with E-state index >= 15 is 0 Å². The molecule has 0 bridgehead atoms. The van der Waals surface area contributed by atoms with Crippen molar-refractivity contribution in [3.8, 4) is 0 Å². The van der Waals surface area contributed by atoms with Crippen LogP contribution in [0.1, 0.15) is 29.4 Å². The second kappa shape index (κ2) is 7.09. The molecule has 0 spiro atoms. The van der Waals surface area contributed by atoms with E-state index in [9.17, 15) is 9.18 Å². The molecule has 0 aliphatic heterocycles. The van der Waals surface area contributed by atoms with Crippen LogP contribution in [0.2, 0.25) is 5.02 Å². The van der Waals surface area contributed by atoms with Gasteiger partial charge in [0.15, 0.2) is 0 Å². The highest BCUT2D eigenvalue weighted by Gasteiger charge is 2.12. The number of aryl methyl sites for hydroxylation is 1. The van der Waals surface area contributed by atoms with Gasteiger partial charge in [0.1, 0.15) is 11.5 Å². The van der Waals surface area contributed by atoms with E-state index in [1.165, 1.54) is 12.1 Å². The van der Waals surface area contributed by atoms with Gasteiger partial charge in [-0.2, -0.15) is 0 Å². The van der Waals surface area contributed by atoms with E-state index in [1.54, 1.807) is 12.1 Å². The summed E-state index contributed by atoms with van der Waals surface area (Å²) in [6.45, 7) is 3.13. The molecule has 1 N–H and O–H groups in total. The summed E-state index contributed by atoms with van der Waals surface area (Å²) in [4.78, 5) is 12.2. The Morgan fingerprint density at radius 2 is 2.19 bits per heavy atom. The lowest BCUT2D eigenvalue weighted by Crippen LogP contribution is -2.25. The molecule has 1 heterocycles. The molecule has 1 amide bonds. The molecule has 0 saturated heterocycles. The maximum atomic E-state index is 13.1. The highest BCUT2D eigenvalue weighted by molar-refractivity contribution is 9.10. The van der Waals surface area contributed by atoms with Crippen LogP contribution in [0.4, 0.5) is 4.39 Å². The number of halogens is 3. The Bertz CT molecular complexity index is 657. The number of amides is 1. The third kappa shape index (κ3) is 4.08. The number of hydrogen-bond acceptors (Lipinski definition) is 1. The summed E-state index contributed by atoms with van der Waals surface area (Å²) < 4.78 is 15.8. The molecule has 0 atom stereocenters. The van der Waals surface area contributed by atoms with Gasteiger partial charge in [-0.3, -0.25) is 4.79 Å². The monoisotopic (exact) mass is 372 g/mol. The number of aromatic nitrogens is 1. The fraction of sp³-hybridized carbons (Fsp3) is 0.267. The van der Waals surface area contributed by atoms with E-state index < -0.39 is 5.82 Å². The van der Waals surface area contributed by atoms with Crippen LogP contribution in [-0.4, -0.2) is 10.5 Å². The molecule has 0 radical (unpaired) electrons. The maximum absolute atomic E-state index is 13.1. The maximum Gasteiger partial charge on any atom is 0.268 e. The first-order chi connectivity index (χ1) is 10.0. The molecule has 0 saturated carbocycles. The lowest BCUT2D eigenvalue weighted by Gasteiger charge is -2.09. The van der Waals surface area contributed by atoms with E-state index in [4.69, 9.17) is 11.6 Å². The van der Waals surface area contributed by atoms with Gasteiger partial charge >= 0.3 is 0 Å². The van der Waals surface area contributed by atoms with Crippen LogP contribution in [0, 0.1) is 5.82 Å². The second-order valence-electron chi connectivity index (χ2n) is 4.67. The molecule has 21 heavy (non-hydrogen) atoms. The summed E-state index contributed by atoms with van der Waals surface area (Å²) in [5.74, 6) is -0.637. The average molecular weight is 374 g/mol. The smallest absolute Gasteiger partial charge is 0.268 e. The van der Waals surface area contributed by atoms with Gasteiger partial charge in [-0.15, -0.1) is 0 Å². The Morgan fingerprint density at radius 1 is 1.43 bits per heavy atom. The summed E-state index contributed by atoms with van der Waals surface area (Å²) in [5, 5.41) is 2.87. The summed E-state index contributed by atoms with van der Waals surface area (Å²) in [6, 6.07) is 6.18. The summed E-state index contributed by atoms with van der Waals surface area (Å²) >= 11 is 9.09. The van der Waals surface area contributed by atoms with Crippen LogP contribution in [0.25, 0.3) is 0 Å². The van der Waals surface area contributed by atoms with Crippen LogP contribution in [-0.2, 0) is 13.1 Å². The Labute approximate surface area is 136 Å². The lowest BCUT2D eigenvalue weighted by atomic mass is 10.2. The van der Waals surface area contributed by atoms with Gasteiger partial charge in [0.05, 0.1) is 5.02 Å². The van der Waals surface area contributed by atoms with E-state index in [0.717, 1.165) is 23.0 Å². The topological polar surface area (TPSA) is 34.0 Å². The zero-order valence-electron chi connectivity index (χ0n) is 11.5. The summed E-state index contributed by atoms with van der Waals surface area (Å²) in [5.41, 5.74) is 1.35. The number of nitrogens with one attached hydrogen (secondary N) is 1. The van der Waals surface area contributed by atoms with Crippen molar-refractivity contribution in [2.75, 3.05) is 0 Å². The van der Waals surface area contributed by atoms with Gasteiger partial charge in [0, 0.05) is 23.8 Å². The summed E-state index contributed by atoms with van der Waals surface area (Å²) in [7, 11) is 0. The third-order valence-corrected chi connectivity index (χ3v) is 3.72. The zero-order valence-corrected chi connectivity index (χ0v) is 13.8. The fourth-order valence-corrected chi connectivity index (χ4v) is 2.68. The molecule has 1 aromatic heterocycles. The minimum absolute atomic E-state index is 0.0545. The Hall–Kier alpha value is -1.33. The minimum Gasteiger partial charge on any atom is -0.347 e. The second-order valence-corrected chi connectivity index (χ2v) is 5.99. The predicted octanol–water partition coefficient (Wildman–Crippen LogP) is 4.38. The van der Waals surface area contributed by atoms with E-state index in [1.807, 2.05) is 10.8 Å². The van der Waals surface area contributed by atoms with Crippen molar-refractivity contribution >= 4 is 33.4 Å². The Kier molecular flexibility index (Phi) is 5.42. The molecular weight excluding hydrogens is 359 g/mol. The van der Waals surface area contributed by atoms with Crippen molar-refractivity contribution in [3.05, 3.63) is 57.0 Å². The van der Waals surface area contributed by atoms with Crippen molar-refractivity contribution in [2.24, 2.45) is 0 Å². The Balaban J connectivity index is 2.06. The third-order valence-electron chi connectivity index (χ3n) is 3.00. The van der Waals surface area contributed by atoms with Crippen molar-refractivity contribution in [1.29, 1.82) is 0 Å². The highest BCUT2D eigenvalue weighted by Crippen LogP contribution is 2.17. The van der Waals surface area contributed by atoms with Crippen LogP contribution in [0.15, 0.2) is 34.9 Å². The van der Waals surface area contributed by atoms with Crippen LogP contribution in [0.3, 0.4) is 0 Å². The molecule has 1 aromatic carbocycles. The molecule has 0 unspecified atom stereocenters. The van der Waals surface area contributed by atoms with E-state index in [0.29, 0.717) is 12.2 Å². The highest BCUT2D eigenvalue weighted by atomic mass is 79.9. The van der Waals surface area contributed by atoms with Gasteiger partial charge in [0.2, 0.25) is 0 Å². The number of nitrogens with zero attached hydrogens (tertiary/aromatic N) is 1. The predicted molar refractivity (Wildman–Crippen MR) is 85.0 cm³/mol. The molecule has 6 heteroatoms. The van der Waals surface area contributed by atoms with Crippen LogP contribution < -0.4 is 5.32 Å². The molecule has 0 aliphatic carbocycles. The summed E-state index contributed by atoms with van der Waals surface area (Å²) in [6.07, 6.45) is 2.82. The van der Waals surface area contributed by atoms with Gasteiger partial charge in [0.25, 0.3) is 5.91 Å². The van der Waals surface area contributed by atoms with Crippen molar-refractivity contribution in [2.45, 2.75) is 26.4 Å². The molecule has 112 valence electrons. The minimum atomic E-state index is -0.465. The fourth-order valence-electron chi connectivity index (χ4n) is 2.01. The van der Waals surface area contributed by atoms with Gasteiger partial charge in [-0.25, -0.2) is 4.39 Å². The number of rotatable bonds is 5. The molecule has 0 aliphatic rings. The van der Waals surface area contributed by atoms with Gasteiger partial charge < -0.3 is 9.88 Å². The van der Waals surface area contributed by atoms with Crippen molar-refractivity contribution in [3.63, 3.8) is 0 Å². The Morgan fingerprint density at radius 3 is 2.86 bits per heavy atom. The number of carbonyl (C=O) groups excluding carboxylic acids is 1. The number of carbonyl (C=O) groups is 1. The number of hydrogen-bond donors (Lipinski definition) is 1. The first-order valence-corrected chi connectivity index (χ1v) is 7.76. The molecular formula is C15H15BrClFN2O. The largest absolute Gasteiger partial charge is 0.347 e. The molecule has 0 fully saturated rings.